The summed E-state index contributed by atoms with van der Waals surface area (Å²) in [7, 11) is -3.74. The van der Waals surface area contributed by atoms with Gasteiger partial charge in [-0.3, -0.25) is 4.55 Å². The van der Waals surface area contributed by atoms with Gasteiger partial charge in [0, 0.05) is 0 Å². The predicted molar refractivity (Wildman–Crippen MR) is 37.0 cm³/mol. The third-order valence-electron chi connectivity index (χ3n) is 1.19. The quantitative estimate of drug-likeness (QED) is 0.385. The van der Waals surface area contributed by atoms with E-state index in [0.29, 0.717) is 0 Å². The molecule has 0 saturated carbocycles. The third kappa shape index (κ3) is 8.51. The van der Waals surface area contributed by atoms with E-state index in [4.69, 9.17) is 4.55 Å². The van der Waals surface area contributed by atoms with Crippen LogP contribution in [0.4, 0.5) is 0 Å². The zero-order valence-corrected chi connectivity index (χ0v) is 7.48. The molecule has 0 fully saturated rings. The van der Waals surface area contributed by atoms with Gasteiger partial charge in [-0.1, -0.05) is 20.3 Å². The van der Waals surface area contributed by atoms with Gasteiger partial charge in [-0.05, 0) is 5.92 Å². The van der Waals surface area contributed by atoms with Crippen LogP contribution in [0.3, 0.4) is 0 Å². The van der Waals surface area contributed by atoms with Crippen molar-refractivity contribution in [3.8, 4) is 0 Å². The molecule has 0 spiro atoms. The Morgan fingerprint density at radius 3 is 2.10 bits per heavy atom. The van der Waals surface area contributed by atoms with Crippen LogP contribution in [-0.4, -0.2) is 18.7 Å². The van der Waals surface area contributed by atoms with Crippen LogP contribution in [0.25, 0.3) is 0 Å². The predicted octanol–water partition coefficient (Wildman–Crippen LogP) is -1.96. The van der Waals surface area contributed by atoms with Gasteiger partial charge in [-0.2, -0.15) is 8.42 Å². The van der Waals surface area contributed by atoms with E-state index in [1.807, 2.05) is 6.92 Å². The summed E-state index contributed by atoms with van der Waals surface area (Å²) in [4.78, 5) is 0. The van der Waals surface area contributed by atoms with E-state index in [2.05, 4.69) is 0 Å². The van der Waals surface area contributed by atoms with Gasteiger partial charge in [0.05, 0.1) is 5.75 Å². The largest absolute Gasteiger partial charge is 1.00 e. The fourth-order valence-electron chi connectivity index (χ4n) is 0.477. The van der Waals surface area contributed by atoms with Gasteiger partial charge in [0.25, 0.3) is 10.1 Å². The molecule has 0 aromatic rings. The van der Waals surface area contributed by atoms with Crippen LogP contribution in [0.15, 0.2) is 0 Å². The molecule has 0 amide bonds. The fourth-order valence-corrected chi connectivity index (χ4v) is 1.43. The molecule has 1 unspecified atom stereocenters. The van der Waals surface area contributed by atoms with E-state index >= 15 is 0 Å². The van der Waals surface area contributed by atoms with Gasteiger partial charge >= 0.3 is 18.9 Å². The summed E-state index contributed by atoms with van der Waals surface area (Å²) < 4.78 is 28.6. The fraction of sp³-hybridized carbons (Fsp3) is 1.00. The Kier molecular flexibility index (Phi) is 6.82. The summed E-state index contributed by atoms with van der Waals surface area (Å²) in [6, 6.07) is 0. The van der Waals surface area contributed by atoms with E-state index in [1.54, 1.807) is 6.92 Å². The maximum absolute atomic E-state index is 10.2. The Labute approximate surface area is 75.6 Å². The first-order valence-electron chi connectivity index (χ1n) is 2.91. The molecule has 0 aliphatic rings. The average molecular weight is 160 g/mol. The van der Waals surface area contributed by atoms with Gasteiger partial charge in [-0.15, -0.1) is 0 Å². The van der Waals surface area contributed by atoms with Gasteiger partial charge in [-0.25, -0.2) is 0 Å². The first-order chi connectivity index (χ1) is 3.95. The first kappa shape index (κ1) is 13.1. The number of rotatable bonds is 3. The Morgan fingerprint density at radius 1 is 1.60 bits per heavy atom. The second-order valence-electron chi connectivity index (χ2n) is 2.26. The average Bonchev–Trinajstić information content (AvgIpc) is 1.62. The zero-order valence-electron chi connectivity index (χ0n) is 7.66. The summed E-state index contributed by atoms with van der Waals surface area (Å²) >= 11 is 0. The Balaban J connectivity index is -0.000000320. The molecule has 0 aromatic heterocycles. The van der Waals surface area contributed by atoms with Gasteiger partial charge < -0.3 is 1.43 Å². The van der Waals surface area contributed by atoms with E-state index in [-0.39, 0.29) is 32.0 Å². The van der Waals surface area contributed by atoms with Crippen LogP contribution >= 0.6 is 0 Å². The number of hydrogen-bond acceptors (Lipinski definition) is 2. The van der Waals surface area contributed by atoms with Crippen molar-refractivity contribution in [3.05, 3.63) is 0 Å². The molecule has 5 heteroatoms. The van der Waals surface area contributed by atoms with Gasteiger partial charge in [0.2, 0.25) is 0 Å². The molecule has 58 valence electrons. The maximum Gasteiger partial charge on any atom is 1.00 e. The zero-order chi connectivity index (χ0) is 7.49. The summed E-state index contributed by atoms with van der Waals surface area (Å²) in [6.45, 7) is 3.67. The second-order valence-corrected chi connectivity index (χ2v) is 3.76. The van der Waals surface area contributed by atoms with Gasteiger partial charge in [0.1, 0.15) is 0 Å². The molecule has 0 heterocycles. The van der Waals surface area contributed by atoms with E-state index in [9.17, 15) is 8.42 Å². The van der Waals surface area contributed by atoms with Crippen LogP contribution in [0.1, 0.15) is 21.7 Å². The molecule has 0 saturated heterocycles. The smallest absolute Gasteiger partial charge is 1.00 e. The van der Waals surface area contributed by atoms with Crippen molar-refractivity contribution in [1.29, 1.82) is 0 Å². The van der Waals surface area contributed by atoms with Gasteiger partial charge in [0.15, 0.2) is 0 Å². The van der Waals surface area contributed by atoms with Crippen molar-refractivity contribution in [2.45, 2.75) is 20.3 Å². The molecule has 0 rings (SSSR count). The molecule has 0 aliphatic heterocycles. The summed E-state index contributed by atoms with van der Waals surface area (Å²) in [6.07, 6.45) is 0.778. The van der Waals surface area contributed by atoms with Crippen molar-refractivity contribution in [2.24, 2.45) is 5.92 Å². The molecule has 1 atom stereocenters. The maximum atomic E-state index is 10.2. The molecule has 1 N–H and O–H groups in total. The van der Waals surface area contributed by atoms with Crippen molar-refractivity contribution in [2.75, 3.05) is 5.75 Å². The Hall–Kier alpha value is 0.507. The summed E-state index contributed by atoms with van der Waals surface area (Å²) in [5.74, 6) is -0.0660. The SMILES string of the molecule is CCC(C)CS(=O)(=O)O.[H-].[Li+]. The minimum absolute atomic E-state index is 0. The van der Waals surface area contributed by atoms with Crippen LogP contribution < -0.4 is 18.9 Å². The van der Waals surface area contributed by atoms with Crippen LogP contribution in [-0.2, 0) is 10.1 Å². The van der Waals surface area contributed by atoms with Crippen LogP contribution in [0.2, 0.25) is 0 Å². The summed E-state index contributed by atoms with van der Waals surface area (Å²) in [5.41, 5.74) is 0. The molecule has 0 bridgehead atoms. The molecule has 0 radical (unpaired) electrons. The molecule has 10 heavy (non-hydrogen) atoms. The normalized spacial score (nSPS) is 13.9. The molecular formula is C5H13LiO3S. The second kappa shape index (κ2) is 5.20. The summed E-state index contributed by atoms with van der Waals surface area (Å²) in [5, 5.41) is 0. The van der Waals surface area contributed by atoms with E-state index < -0.39 is 10.1 Å². The Morgan fingerprint density at radius 2 is 2.00 bits per heavy atom. The van der Waals surface area contributed by atoms with Crippen molar-refractivity contribution < 1.29 is 33.3 Å². The molecule has 0 aliphatic carbocycles. The van der Waals surface area contributed by atoms with E-state index in [0.717, 1.165) is 6.42 Å². The third-order valence-corrected chi connectivity index (χ3v) is 2.18. The molecule has 3 nitrogen and oxygen atoms in total. The van der Waals surface area contributed by atoms with Crippen LogP contribution in [0, 0.1) is 5.92 Å². The molecule has 0 aromatic carbocycles. The van der Waals surface area contributed by atoms with Crippen molar-refractivity contribution >= 4 is 10.1 Å². The van der Waals surface area contributed by atoms with Crippen molar-refractivity contribution in [1.82, 2.24) is 0 Å². The van der Waals surface area contributed by atoms with Crippen LogP contribution in [0.5, 0.6) is 0 Å². The number of hydrogen-bond donors (Lipinski definition) is 1. The topological polar surface area (TPSA) is 54.4 Å². The minimum atomic E-state index is -3.74. The minimum Gasteiger partial charge on any atom is -1.00 e. The van der Waals surface area contributed by atoms with Crippen molar-refractivity contribution in [3.63, 3.8) is 0 Å². The standard InChI is InChI=1S/C5H12O3S.Li.H/c1-3-5(2)4-9(6,7)8;;/h5H,3-4H2,1-2H3,(H,6,7,8);;/q;+1;-1. The first-order valence-corrected chi connectivity index (χ1v) is 4.51. The monoisotopic (exact) mass is 160 g/mol. The molecular weight excluding hydrogens is 147 g/mol. The van der Waals surface area contributed by atoms with E-state index in [1.165, 1.54) is 0 Å². The Bertz CT molecular complexity index is 169.